The monoisotopic (exact) mass is 316 g/mol. The van der Waals surface area contributed by atoms with Gasteiger partial charge in [-0.3, -0.25) is 0 Å². The molecule has 0 radical (unpaired) electrons. The van der Waals surface area contributed by atoms with E-state index in [0.29, 0.717) is 11.8 Å². The van der Waals surface area contributed by atoms with Gasteiger partial charge in [0.2, 0.25) is 6.10 Å². The molecular formula is C8H11BrF6O. The van der Waals surface area contributed by atoms with Crippen LogP contribution in [0.2, 0.25) is 0 Å². The van der Waals surface area contributed by atoms with Gasteiger partial charge in [-0.25, -0.2) is 0 Å². The highest BCUT2D eigenvalue weighted by atomic mass is 79.9. The van der Waals surface area contributed by atoms with Gasteiger partial charge in [-0.2, -0.15) is 26.3 Å². The van der Waals surface area contributed by atoms with Crippen molar-refractivity contribution in [2.45, 2.75) is 31.8 Å². The molecule has 0 fully saturated rings. The van der Waals surface area contributed by atoms with E-state index in [0.717, 1.165) is 0 Å². The van der Waals surface area contributed by atoms with Crippen molar-refractivity contribution in [3.05, 3.63) is 0 Å². The molecule has 0 amide bonds. The fraction of sp³-hybridized carbons (Fsp3) is 1.00. The first kappa shape index (κ1) is 16.0. The average molecular weight is 317 g/mol. The maximum absolute atomic E-state index is 12.0. The van der Waals surface area contributed by atoms with E-state index in [1.807, 2.05) is 0 Å². The molecule has 0 aliphatic heterocycles. The van der Waals surface area contributed by atoms with E-state index in [9.17, 15) is 26.3 Å². The van der Waals surface area contributed by atoms with Crippen LogP contribution in [0, 0.1) is 5.92 Å². The summed E-state index contributed by atoms with van der Waals surface area (Å²) in [5.41, 5.74) is 0. The van der Waals surface area contributed by atoms with Gasteiger partial charge in [0.15, 0.2) is 0 Å². The van der Waals surface area contributed by atoms with Gasteiger partial charge in [-0.05, 0) is 5.92 Å². The first-order chi connectivity index (χ1) is 7.12. The van der Waals surface area contributed by atoms with Crippen molar-refractivity contribution in [2.75, 3.05) is 11.9 Å². The van der Waals surface area contributed by atoms with Crippen molar-refractivity contribution in [1.29, 1.82) is 0 Å². The van der Waals surface area contributed by atoms with Crippen molar-refractivity contribution in [2.24, 2.45) is 5.92 Å². The quantitative estimate of drug-likeness (QED) is 0.552. The van der Waals surface area contributed by atoms with E-state index in [2.05, 4.69) is 20.7 Å². The fourth-order valence-electron chi connectivity index (χ4n) is 0.878. The van der Waals surface area contributed by atoms with Crippen LogP contribution in [0.4, 0.5) is 26.3 Å². The summed E-state index contributed by atoms with van der Waals surface area (Å²) in [4.78, 5) is 0. The summed E-state index contributed by atoms with van der Waals surface area (Å²) in [6.45, 7) is 1.08. The first-order valence-corrected chi connectivity index (χ1v) is 5.56. The predicted molar refractivity (Wildman–Crippen MR) is 49.4 cm³/mol. The molecule has 1 atom stereocenters. The highest BCUT2D eigenvalue weighted by Crippen LogP contribution is 2.36. The van der Waals surface area contributed by atoms with E-state index in [4.69, 9.17) is 0 Å². The van der Waals surface area contributed by atoms with Crippen LogP contribution < -0.4 is 0 Å². The molecule has 1 nitrogen and oxygen atoms in total. The maximum Gasteiger partial charge on any atom is 0.423 e. The van der Waals surface area contributed by atoms with Crippen molar-refractivity contribution in [3.63, 3.8) is 0 Å². The Bertz CT molecular complexity index is 184. The maximum atomic E-state index is 12.0. The summed E-state index contributed by atoms with van der Waals surface area (Å²) in [5.74, 6) is -0.368. The van der Waals surface area contributed by atoms with E-state index in [-0.39, 0.29) is 5.92 Å². The van der Waals surface area contributed by atoms with Gasteiger partial charge in [0.25, 0.3) is 0 Å². The average Bonchev–Trinajstić information content (AvgIpc) is 2.08. The lowest BCUT2D eigenvalue weighted by molar-refractivity contribution is -0.323. The molecule has 1 unspecified atom stereocenters. The Hall–Kier alpha value is 0.0200. The van der Waals surface area contributed by atoms with Crippen molar-refractivity contribution < 1.29 is 31.1 Å². The minimum atomic E-state index is -5.43. The van der Waals surface area contributed by atoms with Gasteiger partial charge in [0.1, 0.15) is 0 Å². The van der Waals surface area contributed by atoms with Crippen LogP contribution >= 0.6 is 15.9 Å². The second-order valence-electron chi connectivity index (χ2n) is 3.23. The number of hydrogen-bond acceptors (Lipinski definition) is 1. The van der Waals surface area contributed by atoms with Crippen molar-refractivity contribution in [3.8, 4) is 0 Å². The van der Waals surface area contributed by atoms with E-state index >= 15 is 0 Å². The third-order valence-corrected chi connectivity index (χ3v) is 2.80. The molecule has 0 bridgehead atoms. The zero-order chi connectivity index (χ0) is 13.0. The summed E-state index contributed by atoms with van der Waals surface area (Å²) < 4.78 is 76.0. The number of alkyl halides is 7. The zero-order valence-electron chi connectivity index (χ0n) is 8.33. The van der Waals surface area contributed by atoms with Crippen molar-refractivity contribution >= 4 is 15.9 Å². The van der Waals surface area contributed by atoms with Gasteiger partial charge in [0.05, 0.1) is 6.61 Å². The summed E-state index contributed by atoms with van der Waals surface area (Å²) in [7, 11) is 0. The molecule has 0 saturated carbocycles. The highest BCUT2D eigenvalue weighted by Gasteiger charge is 2.58. The third-order valence-electron chi connectivity index (χ3n) is 1.89. The topological polar surface area (TPSA) is 9.23 Å². The fourth-order valence-corrected chi connectivity index (χ4v) is 1.52. The van der Waals surface area contributed by atoms with E-state index in [1.54, 1.807) is 6.92 Å². The van der Waals surface area contributed by atoms with E-state index < -0.39 is 25.1 Å². The van der Waals surface area contributed by atoms with Crippen molar-refractivity contribution in [1.82, 2.24) is 0 Å². The lowest BCUT2D eigenvalue weighted by Crippen LogP contribution is -2.45. The van der Waals surface area contributed by atoms with Gasteiger partial charge in [-0.15, -0.1) is 0 Å². The van der Waals surface area contributed by atoms with Crippen LogP contribution in [-0.2, 0) is 4.74 Å². The van der Waals surface area contributed by atoms with Crippen LogP contribution in [-0.4, -0.2) is 30.4 Å². The second kappa shape index (κ2) is 6.09. The number of ether oxygens (including phenoxy) is 1. The summed E-state index contributed by atoms with van der Waals surface area (Å²) in [6.07, 6.45) is -14.1. The molecule has 98 valence electrons. The Morgan fingerprint density at radius 3 is 1.75 bits per heavy atom. The normalized spacial score (nSPS) is 15.6. The molecule has 0 N–H and O–H groups in total. The summed E-state index contributed by atoms with van der Waals surface area (Å²) in [6, 6.07) is 0. The molecule has 8 heteroatoms. The third kappa shape index (κ3) is 5.38. The molecule has 16 heavy (non-hydrogen) atoms. The molecule has 0 aromatic heterocycles. The van der Waals surface area contributed by atoms with Crippen LogP contribution in [0.3, 0.4) is 0 Å². The summed E-state index contributed by atoms with van der Waals surface area (Å²) >= 11 is 2.98. The van der Waals surface area contributed by atoms with Gasteiger partial charge in [0, 0.05) is 5.33 Å². The Labute approximate surface area is 97.3 Å². The molecule has 0 spiro atoms. The first-order valence-electron chi connectivity index (χ1n) is 4.43. The minimum absolute atomic E-state index is 0.298. The lowest BCUT2D eigenvalue weighted by Gasteiger charge is -2.24. The van der Waals surface area contributed by atoms with Crippen LogP contribution in [0.15, 0.2) is 0 Å². The Kier molecular flexibility index (Phi) is 6.10. The Balaban J connectivity index is 4.47. The largest absolute Gasteiger partial charge is 0.423 e. The molecule has 0 aliphatic carbocycles. The second-order valence-corrected chi connectivity index (χ2v) is 3.87. The Morgan fingerprint density at radius 2 is 1.50 bits per heavy atom. The molecule has 0 rings (SSSR count). The van der Waals surface area contributed by atoms with Gasteiger partial charge < -0.3 is 4.74 Å². The van der Waals surface area contributed by atoms with Crippen LogP contribution in [0.5, 0.6) is 0 Å². The molecule has 0 heterocycles. The van der Waals surface area contributed by atoms with Gasteiger partial charge in [-0.1, -0.05) is 29.3 Å². The van der Waals surface area contributed by atoms with Crippen LogP contribution in [0.25, 0.3) is 0 Å². The molecule has 0 aromatic rings. The Morgan fingerprint density at radius 1 is 1.06 bits per heavy atom. The number of hydrogen-bond donors (Lipinski definition) is 0. The molecule has 0 aliphatic rings. The smallest absolute Gasteiger partial charge is 0.361 e. The minimum Gasteiger partial charge on any atom is -0.361 e. The SMILES string of the molecule is CCC(CBr)COC(C(F)(F)F)C(F)(F)F. The predicted octanol–water partition coefficient (Wildman–Crippen LogP) is 3.92. The molecular weight excluding hydrogens is 306 g/mol. The number of halogens is 7. The number of rotatable bonds is 5. The van der Waals surface area contributed by atoms with E-state index in [1.165, 1.54) is 0 Å². The molecule has 0 aromatic carbocycles. The lowest BCUT2D eigenvalue weighted by atomic mass is 10.1. The molecule has 0 saturated heterocycles. The van der Waals surface area contributed by atoms with Gasteiger partial charge >= 0.3 is 12.4 Å². The van der Waals surface area contributed by atoms with Crippen LogP contribution in [0.1, 0.15) is 13.3 Å². The zero-order valence-corrected chi connectivity index (χ0v) is 9.92. The standard InChI is InChI=1S/C8H11BrF6O/c1-2-5(3-9)4-16-6(7(10,11)12)8(13,14)15/h5-6H,2-4H2,1H3. The summed E-state index contributed by atoms with van der Waals surface area (Å²) in [5, 5.41) is 0.298. The highest BCUT2D eigenvalue weighted by molar-refractivity contribution is 9.09.